The minimum atomic E-state index is -0.0351. The highest BCUT2D eigenvalue weighted by Crippen LogP contribution is 2.37. The lowest BCUT2D eigenvalue weighted by atomic mass is 10.1. The van der Waals surface area contributed by atoms with E-state index in [-0.39, 0.29) is 13.4 Å². The molecule has 0 saturated heterocycles. The number of benzene rings is 1. The second-order valence-electron chi connectivity index (χ2n) is 3.12. The Bertz CT molecular complexity index is 486. The van der Waals surface area contributed by atoms with Crippen LogP contribution in [0.1, 0.15) is 5.56 Å². The highest BCUT2D eigenvalue weighted by atomic mass is 16.7. The lowest BCUT2D eigenvalue weighted by Gasteiger charge is -1.95. The maximum absolute atomic E-state index is 9.04. The fraction of sp³-hybridized carbons (Fsp3) is 0.200. The lowest BCUT2D eigenvalue weighted by Crippen LogP contribution is -1.92. The van der Waals surface area contributed by atoms with Gasteiger partial charge in [-0.1, -0.05) is 0 Å². The Hall–Kier alpha value is -1.68. The van der Waals surface area contributed by atoms with Gasteiger partial charge in [0.1, 0.15) is 5.58 Å². The number of rotatable bonds is 1. The fourth-order valence-electron chi connectivity index (χ4n) is 1.59. The summed E-state index contributed by atoms with van der Waals surface area (Å²) >= 11 is 0. The molecule has 1 aromatic carbocycles. The van der Waals surface area contributed by atoms with Gasteiger partial charge >= 0.3 is 0 Å². The van der Waals surface area contributed by atoms with Crippen molar-refractivity contribution < 1.29 is 19.0 Å². The molecule has 14 heavy (non-hydrogen) atoms. The van der Waals surface area contributed by atoms with Crippen LogP contribution in [0.4, 0.5) is 0 Å². The van der Waals surface area contributed by atoms with E-state index >= 15 is 0 Å². The lowest BCUT2D eigenvalue weighted by molar-refractivity contribution is 0.174. The number of hydrogen-bond acceptors (Lipinski definition) is 4. The summed E-state index contributed by atoms with van der Waals surface area (Å²) in [6.07, 6.45) is 1.54. The van der Waals surface area contributed by atoms with Crippen molar-refractivity contribution in [3.8, 4) is 11.5 Å². The first-order chi connectivity index (χ1) is 6.88. The van der Waals surface area contributed by atoms with Gasteiger partial charge in [0.25, 0.3) is 0 Å². The van der Waals surface area contributed by atoms with E-state index in [0.717, 1.165) is 10.9 Å². The highest BCUT2D eigenvalue weighted by molar-refractivity contribution is 5.84. The van der Waals surface area contributed by atoms with E-state index in [2.05, 4.69) is 0 Å². The summed E-state index contributed by atoms with van der Waals surface area (Å²) in [6.45, 7) is 0.211. The predicted octanol–water partition coefficient (Wildman–Crippen LogP) is 1.65. The predicted molar refractivity (Wildman–Crippen MR) is 48.3 cm³/mol. The average Bonchev–Trinajstić information content (AvgIpc) is 2.78. The van der Waals surface area contributed by atoms with Crippen molar-refractivity contribution >= 4 is 11.0 Å². The number of aliphatic hydroxyl groups excluding tert-OH is 1. The molecule has 0 amide bonds. The first-order valence-corrected chi connectivity index (χ1v) is 4.29. The SMILES string of the molecule is OCc1coc2cc3c(cc12)OCO3. The third-order valence-corrected chi connectivity index (χ3v) is 2.32. The molecule has 0 saturated carbocycles. The van der Waals surface area contributed by atoms with E-state index in [0.29, 0.717) is 17.1 Å². The largest absolute Gasteiger partial charge is 0.464 e. The normalized spacial score (nSPS) is 13.8. The third kappa shape index (κ3) is 0.914. The molecular formula is C10H8O4. The van der Waals surface area contributed by atoms with E-state index in [4.69, 9.17) is 19.0 Å². The summed E-state index contributed by atoms with van der Waals surface area (Å²) in [6, 6.07) is 3.60. The topological polar surface area (TPSA) is 51.8 Å². The molecule has 1 aromatic heterocycles. The average molecular weight is 192 g/mol. The zero-order valence-electron chi connectivity index (χ0n) is 7.32. The molecule has 0 fully saturated rings. The van der Waals surface area contributed by atoms with Crippen molar-refractivity contribution in [2.75, 3.05) is 6.79 Å². The van der Waals surface area contributed by atoms with Crippen LogP contribution >= 0.6 is 0 Å². The summed E-state index contributed by atoms with van der Waals surface area (Å²) in [5, 5.41) is 9.91. The van der Waals surface area contributed by atoms with Gasteiger partial charge in [0.2, 0.25) is 6.79 Å². The second-order valence-corrected chi connectivity index (χ2v) is 3.12. The molecule has 0 atom stereocenters. The van der Waals surface area contributed by atoms with Crippen LogP contribution < -0.4 is 9.47 Å². The molecule has 72 valence electrons. The molecule has 0 aliphatic carbocycles. The number of fused-ring (bicyclic) bond motifs is 2. The molecule has 0 bridgehead atoms. The monoisotopic (exact) mass is 192 g/mol. The Morgan fingerprint density at radius 1 is 1.21 bits per heavy atom. The summed E-state index contributed by atoms with van der Waals surface area (Å²) in [5.74, 6) is 1.39. The zero-order valence-corrected chi connectivity index (χ0v) is 7.32. The van der Waals surface area contributed by atoms with Crippen LogP contribution in [-0.2, 0) is 6.61 Å². The van der Waals surface area contributed by atoms with Gasteiger partial charge in [0.15, 0.2) is 11.5 Å². The zero-order chi connectivity index (χ0) is 9.54. The molecular weight excluding hydrogens is 184 g/mol. The molecule has 0 spiro atoms. The van der Waals surface area contributed by atoms with Crippen molar-refractivity contribution in [1.82, 2.24) is 0 Å². The van der Waals surface area contributed by atoms with E-state index in [1.54, 1.807) is 12.3 Å². The molecule has 0 radical (unpaired) electrons. The van der Waals surface area contributed by atoms with Crippen LogP contribution in [0.2, 0.25) is 0 Å². The maximum atomic E-state index is 9.04. The van der Waals surface area contributed by atoms with Crippen LogP contribution in [0.15, 0.2) is 22.8 Å². The number of hydrogen-bond donors (Lipinski definition) is 1. The molecule has 1 N–H and O–H groups in total. The van der Waals surface area contributed by atoms with Crippen molar-refractivity contribution in [2.24, 2.45) is 0 Å². The van der Waals surface area contributed by atoms with Crippen LogP contribution in [0.5, 0.6) is 11.5 Å². The summed E-state index contributed by atoms with van der Waals surface area (Å²) < 4.78 is 15.7. The highest BCUT2D eigenvalue weighted by Gasteiger charge is 2.17. The molecule has 1 aliphatic heterocycles. The maximum Gasteiger partial charge on any atom is 0.231 e. The van der Waals surface area contributed by atoms with Crippen LogP contribution in [0, 0.1) is 0 Å². The summed E-state index contributed by atoms with van der Waals surface area (Å²) in [4.78, 5) is 0. The van der Waals surface area contributed by atoms with E-state index in [1.807, 2.05) is 6.07 Å². The minimum Gasteiger partial charge on any atom is -0.464 e. The van der Waals surface area contributed by atoms with Crippen molar-refractivity contribution in [2.45, 2.75) is 6.61 Å². The van der Waals surface area contributed by atoms with Crippen LogP contribution in [0.25, 0.3) is 11.0 Å². The Balaban J connectivity index is 2.30. The molecule has 3 rings (SSSR count). The fourth-order valence-corrected chi connectivity index (χ4v) is 1.59. The van der Waals surface area contributed by atoms with Gasteiger partial charge in [-0.3, -0.25) is 0 Å². The van der Waals surface area contributed by atoms with Gasteiger partial charge in [-0.05, 0) is 6.07 Å². The van der Waals surface area contributed by atoms with Crippen molar-refractivity contribution in [1.29, 1.82) is 0 Å². The van der Waals surface area contributed by atoms with Gasteiger partial charge in [-0.2, -0.15) is 0 Å². The number of ether oxygens (including phenoxy) is 2. The van der Waals surface area contributed by atoms with Gasteiger partial charge in [-0.15, -0.1) is 0 Å². The van der Waals surface area contributed by atoms with Gasteiger partial charge in [0.05, 0.1) is 12.9 Å². The Labute approximate surface area is 79.7 Å². The number of aliphatic hydroxyl groups is 1. The Kier molecular flexibility index (Phi) is 1.46. The van der Waals surface area contributed by atoms with Gasteiger partial charge < -0.3 is 19.0 Å². The van der Waals surface area contributed by atoms with E-state index in [9.17, 15) is 0 Å². The molecule has 4 nitrogen and oxygen atoms in total. The molecule has 0 unspecified atom stereocenters. The first kappa shape index (κ1) is 7.70. The summed E-state index contributed by atoms with van der Waals surface area (Å²) in [7, 11) is 0. The van der Waals surface area contributed by atoms with Crippen molar-refractivity contribution in [3.05, 3.63) is 24.0 Å². The second kappa shape index (κ2) is 2.65. The van der Waals surface area contributed by atoms with Crippen molar-refractivity contribution in [3.63, 3.8) is 0 Å². The smallest absolute Gasteiger partial charge is 0.231 e. The summed E-state index contributed by atoms with van der Waals surface area (Å²) in [5.41, 5.74) is 1.47. The minimum absolute atomic E-state index is 0.0351. The van der Waals surface area contributed by atoms with Crippen LogP contribution in [0.3, 0.4) is 0 Å². The van der Waals surface area contributed by atoms with E-state index in [1.165, 1.54) is 0 Å². The standard InChI is InChI=1S/C10H8O4/c11-3-6-4-12-8-2-10-9(1-7(6)8)13-5-14-10/h1-2,4,11H,3,5H2. The third-order valence-electron chi connectivity index (χ3n) is 2.32. The quantitative estimate of drug-likeness (QED) is 0.746. The first-order valence-electron chi connectivity index (χ1n) is 4.29. The Morgan fingerprint density at radius 3 is 2.79 bits per heavy atom. The van der Waals surface area contributed by atoms with Gasteiger partial charge in [0, 0.05) is 17.0 Å². The molecule has 2 aromatic rings. The molecule has 4 heteroatoms. The van der Waals surface area contributed by atoms with Gasteiger partial charge in [-0.25, -0.2) is 0 Å². The Morgan fingerprint density at radius 2 is 2.00 bits per heavy atom. The molecule has 2 heterocycles. The van der Waals surface area contributed by atoms with Crippen LogP contribution in [-0.4, -0.2) is 11.9 Å². The number of furan rings is 1. The van der Waals surface area contributed by atoms with E-state index < -0.39 is 0 Å². The molecule has 1 aliphatic rings.